The van der Waals surface area contributed by atoms with Crippen molar-refractivity contribution in [1.82, 2.24) is 10.2 Å². The third-order valence-corrected chi connectivity index (χ3v) is 5.36. The number of halogens is 3. The van der Waals surface area contributed by atoms with Gasteiger partial charge in [0.2, 0.25) is 0 Å². The largest absolute Gasteiger partial charge is 0.311 e. The monoisotopic (exact) mass is 378 g/mol. The highest BCUT2D eigenvalue weighted by atomic mass is 79.9. The lowest BCUT2D eigenvalue weighted by Gasteiger charge is -2.35. The summed E-state index contributed by atoms with van der Waals surface area (Å²) >= 11 is 9.81. The first kappa shape index (κ1) is 16.6. The van der Waals surface area contributed by atoms with Gasteiger partial charge in [0.25, 0.3) is 0 Å². The van der Waals surface area contributed by atoms with Crippen LogP contribution in [0.5, 0.6) is 0 Å². The van der Waals surface area contributed by atoms with Crippen LogP contribution in [0.25, 0.3) is 0 Å². The molecule has 2 heterocycles. The number of hydrogen-bond acceptors (Lipinski definition) is 2. The Labute approximate surface area is 140 Å². The fraction of sp³-hybridized carbons (Fsp3) is 0.600. The van der Waals surface area contributed by atoms with E-state index in [-0.39, 0.29) is 12.4 Å². The van der Waals surface area contributed by atoms with Crippen LogP contribution >= 0.6 is 39.9 Å². The summed E-state index contributed by atoms with van der Waals surface area (Å²) in [6.45, 7) is 0.933. The van der Waals surface area contributed by atoms with E-state index in [1.54, 1.807) is 0 Å². The molecular formula is C15H21BrCl2N2. The molecule has 0 aliphatic carbocycles. The first-order valence-corrected chi connectivity index (χ1v) is 8.19. The molecule has 2 nitrogen and oxygen atoms in total. The molecule has 2 aliphatic heterocycles. The lowest BCUT2D eigenvalue weighted by atomic mass is 9.98. The summed E-state index contributed by atoms with van der Waals surface area (Å²) in [5.41, 5.74) is 1.21. The van der Waals surface area contributed by atoms with Gasteiger partial charge in [0.05, 0.1) is 0 Å². The summed E-state index contributed by atoms with van der Waals surface area (Å²) in [6.07, 6.45) is 5.26. The third-order valence-electron chi connectivity index (χ3n) is 4.50. The maximum absolute atomic E-state index is 6.29. The molecule has 2 atom stereocenters. The van der Waals surface area contributed by atoms with Crippen molar-refractivity contribution >= 4 is 39.9 Å². The lowest BCUT2D eigenvalue weighted by Crippen LogP contribution is -2.46. The van der Waals surface area contributed by atoms with E-state index in [1.165, 1.54) is 31.2 Å². The van der Waals surface area contributed by atoms with Gasteiger partial charge < -0.3 is 5.32 Å². The first-order chi connectivity index (χ1) is 9.11. The molecule has 0 saturated carbocycles. The molecule has 2 bridgehead atoms. The molecule has 2 fully saturated rings. The quantitative estimate of drug-likeness (QED) is 0.844. The van der Waals surface area contributed by atoms with Gasteiger partial charge in [0.1, 0.15) is 0 Å². The summed E-state index contributed by atoms with van der Waals surface area (Å²) in [6, 6.07) is 8.27. The Morgan fingerprint density at radius 3 is 2.60 bits per heavy atom. The normalized spacial score (nSPS) is 28.5. The average molecular weight is 380 g/mol. The van der Waals surface area contributed by atoms with Crippen molar-refractivity contribution in [3.8, 4) is 0 Å². The van der Waals surface area contributed by atoms with Crippen LogP contribution in [0.15, 0.2) is 22.7 Å². The smallest absolute Gasteiger partial charge is 0.0451 e. The van der Waals surface area contributed by atoms with E-state index in [4.69, 9.17) is 11.6 Å². The molecule has 20 heavy (non-hydrogen) atoms. The molecule has 0 radical (unpaired) electrons. The summed E-state index contributed by atoms with van der Waals surface area (Å²) in [5.74, 6) is 0. The molecular weight excluding hydrogens is 359 g/mol. The molecule has 2 aliphatic rings. The van der Waals surface area contributed by atoms with Gasteiger partial charge in [0, 0.05) is 34.2 Å². The van der Waals surface area contributed by atoms with E-state index < -0.39 is 0 Å². The molecule has 112 valence electrons. The van der Waals surface area contributed by atoms with E-state index in [0.29, 0.717) is 6.04 Å². The predicted octanol–water partition coefficient (Wildman–Crippen LogP) is 4.24. The van der Waals surface area contributed by atoms with Crippen molar-refractivity contribution in [2.45, 2.75) is 50.4 Å². The molecule has 0 aromatic heterocycles. The van der Waals surface area contributed by atoms with Crippen molar-refractivity contribution in [3.05, 3.63) is 33.3 Å². The highest BCUT2D eigenvalue weighted by Crippen LogP contribution is 2.31. The Balaban J connectivity index is 0.00000147. The Bertz CT molecular complexity index is 457. The van der Waals surface area contributed by atoms with Crippen LogP contribution < -0.4 is 5.32 Å². The minimum Gasteiger partial charge on any atom is -0.311 e. The van der Waals surface area contributed by atoms with Crippen molar-refractivity contribution < 1.29 is 0 Å². The molecule has 2 saturated heterocycles. The zero-order valence-electron chi connectivity index (χ0n) is 11.6. The van der Waals surface area contributed by atoms with Crippen LogP contribution in [0.3, 0.4) is 0 Å². The van der Waals surface area contributed by atoms with Gasteiger partial charge in [-0.2, -0.15) is 0 Å². The second kappa shape index (κ2) is 6.97. The predicted molar refractivity (Wildman–Crippen MR) is 90.8 cm³/mol. The molecule has 2 unspecified atom stereocenters. The van der Waals surface area contributed by atoms with Crippen LogP contribution in [-0.2, 0) is 6.54 Å². The maximum Gasteiger partial charge on any atom is 0.0451 e. The Morgan fingerprint density at radius 2 is 1.95 bits per heavy atom. The van der Waals surface area contributed by atoms with Crippen molar-refractivity contribution in [1.29, 1.82) is 0 Å². The summed E-state index contributed by atoms with van der Waals surface area (Å²) < 4.78 is 1.10. The van der Waals surface area contributed by atoms with Crippen LogP contribution in [0, 0.1) is 0 Å². The number of nitrogens with one attached hydrogen (secondary N) is 1. The Morgan fingerprint density at radius 1 is 1.30 bits per heavy atom. The van der Waals surface area contributed by atoms with E-state index >= 15 is 0 Å². The molecule has 1 N–H and O–H groups in total. The van der Waals surface area contributed by atoms with E-state index in [0.717, 1.165) is 28.1 Å². The second-order valence-corrected chi connectivity index (χ2v) is 7.24. The summed E-state index contributed by atoms with van der Waals surface area (Å²) in [4.78, 5) is 2.47. The van der Waals surface area contributed by atoms with Gasteiger partial charge in [0.15, 0.2) is 0 Å². The van der Waals surface area contributed by atoms with Crippen LogP contribution in [-0.4, -0.2) is 30.1 Å². The fourth-order valence-corrected chi connectivity index (χ4v) is 4.04. The molecule has 3 rings (SSSR count). The number of benzene rings is 1. The fourth-order valence-electron chi connectivity index (χ4n) is 3.45. The zero-order chi connectivity index (χ0) is 13.4. The molecule has 1 aromatic rings. The number of rotatable bonds is 3. The molecule has 0 amide bonds. The van der Waals surface area contributed by atoms with Crippen LogP contribution in [0.4, 0.5) is 0 Å². The van der Waals surface area contributed by atoms with Gasteiger partial charge in [-0.15, -0.1) is 12.4 Å². The van der Waals surface area contributed by atoms with E-state index in [9.17, 15) is 0 Å². The summed E-state index contributed by atoms with van der Waals surface area (Å²) in [5, 5.41) is 4.57. The lowest BCUT2D eigenvalue weighted by molar-refractivity contribution is 0.166. The second-order valence-electron chi connectivity index (χ2n) is 5.91. The maximum atomic E-state index is 6.29. The minimum absolute atomic E-state index is 0. The topological polar surface area (TPSA) is 15.3 Å². The molecule has 1 aromatic carbocycles. The van der Waals surface area contributed by atoms with Gasteiger partial charge in [-0.1, -0.05) is 27.5 Å². The highest BCUT2D eigenvalue weighted by Gasteiger charge is 2.35. The number of piperidine rings is 1. The summed E-state index contributed by atoms with van der Waals surface area (Å²) in [7, 11) is 2.23. The van der Waals surface area contributed by atoms with Crippen molar-refractivity contribution in [2.24, 2.45) is 0 Å². The van der Waals surface area contributed by atoms with Gasteiger partial charge in [-0.25, -0.2) is 0 Å². The van der Waals surface area contributed by atoms with Gasteiger partial charge in [-0.05, 0) is 56.5 Å². The van der Waals surface area contributed by atoms with Crippen LogP contribution in [0.1, 0.15) is 31.2 Å². The average Bonchev–Trinajstić information content (AvgIpc) is 2.72. The zero-order valence-corrected chi connectivity index (χ0v) is 14.8. The van der Waals surface area contributed by atoms with E-state index in [2.05, 4.69) is 39.3 Å². The molecule has 5 heteroatoms. The van der Waals surface area contributed by atoms with E-state index in [1.807, 2.05) is 12.1 Å². The number of hydrogen-bond donors (Lipinski definition) is 1. The standard InChI is InChI=1S/C15H20BrClN2.ClH/c1-19(9-10-6-11(16)2-5-15(10)17)14-7-12-3-4-13(8-14)18-12;/h2,5-6,12-14,18H,3-4,7-9H2,1H3;1H. The highest BCUT2D eigenvalue weighted by molar-refractivity contribution is 9.10. The van der Waals surface area contributed by atoms with Crippen LogP contribution in [0.2, 0.25) is 5.02 Å². The third kappa shape index (κ3) is 3.69. The van der Waals surface area contributed by atoms with Gasteiger partial charge in [-0.3, -0.25) is 4.90 Å². The SMILES string of the molecule is CN(Cc1cc(Br)ccc1Cl)C1CC2CCC(C1)N2.Cl. The van der Waals surface area contributed by atoms with Crippen molar-refractivity contribution in [3.63, 3.8) is 0 Å². The number of fused-ring (bicyclic) bond motifs is 2. The van der Waals surface area contributed by atoms with Crippen molar-refractivity contribution in [2.75, 3.05) is 7.05 Å². The number of nitrogens with zero attached hydrogens (tertiary/aromatic N) is 1. The Hall–Kier alpha value is 0.200. The first-order valence-electron chi connectivity index (χ1n) is 7.02. The minimum atomic E-state index is 0. The Kier molecular flexibility index (Phi) is 5.78. The van der Waals surface area contributed by atoms with Gasteiger partial charge >= 0.3 is 0 Å². The molecule has 0 spiro atoms.